The number of carboxylic acid groups (broad SMARTS) is 1. The van der Waals surface area contributed by atoms with E-state index in [-0.39, 0.29) is 59.2 Å². The first kappa shape index (κ1) is 27.8. The van der Waals surface area contributed by atoms with Crippen molar-refractivity contribution in [3.8, 4) is 22.9 Å². The second-order valence-electron chi connectivity index (χ2n) is 10.9. The van der Waals surface area contributed by atoms with E-state index in [1.54, 1.807) is 26.1 Å². The Morgan fingerprint density at radius 2 is 1.85 bits per heavy atom. The number of fused-ring (bicyclic) bond motifs is 3. The molecule has 2 aromatic heterocycles. The van der Waals surface area contributed by atoms with Crippen molar-refractivity contribution in [1.29, 1.82) is 0 Å². The minimum Gasteiger partial charge on any atom is -0.481 e. The summed E-state index contributed by atoms with van der Waals surface area (Å²) >= 11 is 0. The number of nitrogens with zero attached hydrogens (tertiary/aromatic N) is 2. The van der Waals surface area contributed by atoms with Crippen LogP contribution in [-0.4, -0.2) is 38.4 Å². The Bertz CT molecular complexity index is 1470. The maximum Gasteiger partial charge on any atom is 0.417 e. The van der Waals surface area contributed by atoms with Gasteiger partial charge in [-0.25, -0.2) is 14.4 Å². The standard InChI is InChI=1S/C29H28F4N2O5/c1-14-17(4-5-23(35-14)39-7-6-28(2,3)38)18-9-16(22(30)11-21(18)29(31,32)33)13-40-24-10-15-8-19-25(20(15)12-34-24)26(19)27(36)37/h4-5,9-12,19,25-26,38H,6-8,13H2,1-3H3,(H,36,37)/t19-,25-,26+/m1/s1. The van der Waals surface area contributed by atoms with Gasteiger partial charge in [-0.1, -0.05) is 0 Å². The van der Waals surface area contributed by atoms with Gasteiger partial charge in [0.05, 0.1) is 23.7 Å². The van der Waals surface area contributed by atoms with Crippen molar-refractivity contribution in [3.05, 3.63) is 70.3 Å². The van der Waals surface area contributed by atoms with E-state index in [9.17, 15) is 32.6 Å². The van der Waals surface area contributed by atoms with Crippen LogP contribution in [0.5, 0.6) is 11.8 Å². The minimum absolute atomic E-state index is 0.0367. The quantitative estimate of drug-likeness (QED) is 0.324. The summed E-state index contributed by atoms with van der Waals surface area (Å²) in [5.41, 5.74) is -0.235. The molecule has 0 saturated heterocycles. The molecule has 2 N–H and O–H groups in total. The van der Waals surface area contributed by atoms with Crippen LogP contribution in [0.4, 0.5) is 17.6 Å². The molecular weight excluding hydrogens is 532 g/mol. The largest absolute Gasteiger partial charge is 0.481 e. The predicted molar refractivity (Wildman–Crippen MR) is 135 cm³/mol. The highest BCUT2D eigenvalue weighted by Gasteiger charge is 2.60. The van der Waals surface area contributed by atoms with Gasteiger partial charge in [-0.2, -0.15) is 13.2 Å². The Morgan fingerprint density at radius 3 is 2.50 bits per heavy atom. The van der Waals surface area contributed by atoms with Crippen molar-refractivity contribution in [2.75, 3.05) is 6.61 Å². The number of carbonyl (C=O) groups is 1. The fraction of sp³-hybridized carbons (Fsp3) is 0.414. The minimum atomic E-state index is -4.82. The number of pyridine rings is 2. The Balaban J connectivity index is 1.37. The van der Waals surface area contributed by atoms with Crippen LogP contribution in [-0.2, 0) is 24.0 Å². The SMILES string of the molecule is Cc1nc(OCCC(C)(C)O)ccc1-c1cc(COc2cc3c(cn2)[C@H]2[C@@H](C3)[C@@H]2C(=O)O)c(F)cc1C(F)(F)F. The number of ether oxygens (including phenoxy) is 2. The van der Waals surface area contributed by atoms with Gasteiger partial charge in [0.25, 0.3) is 0 Å². The summed E-state index contributed by atoms with van der Waals surface area (Å²) in [4.78, 5) is 19.8. The Labute approximate surface area is 227 Å². The van der Waals surface area contributed by atoms with Crippen LogP contribution < -0.4 is 9.47 Å². The third kappa shape index (κ3) is 5.60. The molecule has 3 atom stereocenters. The molecule has 40 heavy (non-hydrogen) atoms. The molecule has 5 rings (SSSR count). The number of benzene rings is 1. The summed E-state index contributed by atoms with van der Waals surface area (Å²) in [6.07, 6.45) is -2.34. The van der Waals surface area contributed by atoms with Gasteiger partial charge in [0, 0.05) is 47.5 Å². The molecule has 0 aliphatic heterocycles. The fourth-order valence-corrected chi connectivity index (χ4v) is 5.33. The first-order valence-corrected chi connectivity index (χ1v) is 12.8. The number of aliphatic carboxylic acids is 1. The number of aryl methyl sites for hydroxylation is 1. The second kappa shape index (κ2) is 10.0. The van der Waals surface area contributed by atoms with Crippen LogP contribution in [0.15, 0.2) is 36.5 Å². The topological polar surface area (TPSA) is 102 Å². The van der Waals surface area contributed by atoms with Gasteiger partial charge in [0.1, 0.15) is 12.4 Å². The highest BCUT2D eigenvalue weighted by atomic mass is 19.4. The molecule has 1 aromatic carbocycles. The van der Waals surface area contributed by atoms with E-state index in [1.807, 2.05) is 0 Å². The van der Waals surface area contributed by atoms with Crippen LogP contribution in [0, 0.1) is 24.6 Å². The van der Waals surface area contributed by atoms with Gasteiger partial charge in [0.15, 0.2) is 0 Å². The van der Waals surface area contributed by atoms with Gasteiger partial charge in [-0.15, -0.1) is 0 Å². The summed E-state index contributed by atoms with van der Waals surface area (Å²) in [5.74, 6) is -1.94. The van der Waals surface area contributed by atoms with E-state index in [0.717, 1.165) is 17.2 Å². The zero-order valence-electron chi connectivity index (χ0n) is 22.1. The molecule has 3 aromatic rings. The lowest BCUT2D eigenvalue weighted by molar-refractivity contribution is -0.139. The van der Waals surface area contributed by atoms with E-state index in [4.69, 9.17) is 9.47 Å². The van der Waals surface area contributed by atoms with E-state index in [2.05, 4.69) is 9.97 Å². The summed E-state index contributed by atoms with van der Waals surface area (Å²) in [7, 11) is 0. The van der Waals surface area contributed by atoms with E-state index in [1.165, 1.54) is 19.1 Å². The van der Waals surface area contributed by atoms with Crippen molar-refractivity contribution in [2.45, 2.75) is 57.9 Å². The van der Waals surface area contributed by atoms with Crippen molar-refractivity contribution in [2.24, 2.45) is 11.8 Å². The van der Waals surface area contributed by atoms with Gasteiger partial charge in [-0.3, -0.25) is 4.79 Å². The lowest BCUT2D eigenvalue weighted by Crippen LogP contribution is -2.22. The average Bonchev–Trinajstić information content (AvgIpc) is 3.44. The first-order valence-electron chi connectivity index (χ1n) is 12.8. The maximum absolute atomic E-state index is 14.9. The zero-order valence-corrected chi connectivity index (χ0v) is 22.1. The summed E-state index contributed by atoms with van der Waals surface area (Å²) in [6, 6.07) is 6.11. The smallest absolute Gasteiger partial charge is 0.417 e. The third-order valence-electron chi connectivity index (χ3n) is 7.45. The average molecular weight is 561 g/mol. The molecule has 212 valence electrons. The molecule has 0 bridgehead atoms. The molecule has 0 amide bonds. The van der Waals surface area contributed by atoms with E-state index in [0.29, 0.717) is 18.9 Å². The predicted octanol–water partition coefficient (Wildman–Crippen LogP) is 5.70. The Hall–Kier alpha value is -3.73. The number of aromatic nitrogens is 2. The monoisotopic (exact) mass is 560 g/mol. The Morgan fingerprint density at radius 1 is 1.10 bits per heavy atom. The zero-order chi connectivity index (χ0) is 29.0. The summed E-state index contributed by atoms with van der Waals surface area (Å²) < 4.78 is 67.8. The molecule has 0 radical (unpaired) electrons. The van der Waals surface area contributed by atoms with Gasteiger partial charge in [-0.05, 0) is 68.0 Å². The highest BCUT2D eigenvalue weighted by Crippen LogP contribution is 2.61. The number of rotatable bonds is 9. The first-order chi connectivity index (χ1) is 18.7. The normalized spacial score (nSPS) is 19.6. The number of hydrogen-bond donors (Lipinski definition) is 2. The molecule has 2 aliphatic carbocycles. The van der Waals surface area contributed by atoms with Gasteiger partial charge < -0.3 is 19.7 Å². The number of carboxylic acids is 1. The maximum atomic E-state index is 14.9. The lowest BCUT2D eigenvalue weighted by atomic mass is 9.95. The molecule has 2 heterocycles. The molecule has 1 fully saturated rings. The third-order valence-corrected chi connectivity index (χ3v) is 7.45. The molecule has 11 heteroatoms. The van der Waals surface area contributed by atoms with Crippen LogP contribution in [0.3, 0.4) is 0 Å². The van der Waals surface area contributed by atoms with Gasteiger partial charge in [0.2, 0.25) is 11.8 Å². The molecule has 7 nitrogen and oxygen atoms in total. The Kier molecular flexibility index (Phi) is 6.98. The fourth-order valence-electron chi connectivity index (χ4n) is 5.33. The van der Waals surface area contributed by atoms with E-state index >= 15 is 0 Å². The lowest BCUT2D eigenvalue weighted by Gasteiger charge is -2.18. The van der Waals surface area contributed by atoms with Crippen LogP contribution >= 0.6 is 0 Å². The summed E-state index contributed by atoms with van der Waals surface area (Å²) in [5, 5.41) is 19.1. The summed E-state index contributed by atoms with van der Waals surface area (Å²) in [6.45, 7) is 4.60. The van der Waals surface area contributed by atoms with Crippen LogP contribution in [0.1, 0.15) is 54.1 Å². The molecule has 1 saturated carbocycles. The van der Waals surface area contributed by atoms with Crippen molar-refractivity contribution >= 4 is 5.97 Å². The number of alkyl halides is 3. The van der Waals surface area contributed by atoms with Crippen molar-refractivity contribution in [3.63, 3.8) is 0 Å². The number of hydrogen-bond acceptors (Lipinski definition) is 6. The van der Waals surface area contributed by atoms with Crippen LogP contribution in [0.25, 0.3) is 11.1 Å². The molecule has 0 spiro atoms. The van der Waals surface area contributed by atoms with Crippen molar-refractivity contribution < 1.29 is 42.0 Å². The van der Waals surface area contributed by atoms with Crippen molar-refractivity contribution in [1.82, 2.24) is 9.97 Å². The molecule has 2 aliphatic rings. The molecule has 0 unspecified atom stereocenters. The highest BCUT2D eigenvalue weighted by molar-refractivity contribution is 5.77. The number of aliphatic hydroxyl groups is 1. The van der Waals surface area contributed by atoms with Crippen LogP contribution in [0.2, 0.25) is 0 Å². The second-order valence-corrected chi connectivity index (χ2v) is 10.9. The van der Waals surface area contributed by atoms with E-state index < -0.39 is 35.0 Å². The van der Waals surface area contributed by atoms with Gasteiger partial charge >= 0.3 is 12.1 Å². The molecular formula is C29H28F4N2O5. The number of halogens is 4.